The van der Waals surface area contributed by atoms with Crippen molar-refractivity contribution in [2.24, 2.45) is 11.3 Å². The lowest BCUT2D eigenvalue weighted by Crippen LogP contribution is -2.63. The van der Waals surface area contributed by atoms with Crippen LogP contribution in [-0.2, 0) is 10.3 Å². The number of likely N-dealkylation sites (tertiary alicyclic amines) is 1. The predicted molar refractivity (Wildman–Crippen MR) is 85.2 cm³/mol. The van der Waals surface area contributed by atoms with E-state index in [1.165, 1.54) is 12.0 Å². The van der Waals surface area contributed by atoms with Crippen LogP contribution in [0.4, 0.5) is 0 Å². The lowest BCUT2D eigenvalue weighted by Gasteiger charge is -2.59. The molecule has 1 atom stereocenters. The Morgan fingerprint density at radius 3 is 2.19 bits per heavy atom. The summed E-state index contributed by atoms with van der Waals surface area (Å²) in [4.78, 5) is 13.9. The van der Waals surface area contributed by atoms with E-state index in [9.17, 15) is 9.90 Å². The summed E-state index contributed by atoms with van der Waals surface area (Å²) in [5.41, 5.74) is 0.672. The second kappa shape index (κ2) is 5.80. The highest BCUT2D eigenvalue weighted by Gasteiger charge is 2.54. The summed E-state index contributed by atoms with van der Waals surface area (Å²) in [6, 6.07) is 10.4. The van der Waals surface area contributed by atoms with Crippen molar-refractivity contribution in [3.05, 3.63) is 35.9 Å². The van der Waals surface area contributed by atoms with Gasteiger partial charge in [-0.1, -0.05) is 58.0 Å². The predicted octanol–water partition coefficient (Wildman–Crippen LogP) is 3.74. The van der Waals surface area contributed by atoms with Crippen molar-refractivity contribution < 1.29 is 9.90 Å². The summed E-state index contributed by atoms with van der Waals surface area (Å²) >= 11 is 0. The van der Waals surface area contributed by atoms with Gasteiger partial charge in [0.15, 0.2) is 0 Å². The van der Waals surface area contributed by atoms with Crippen molar-refractivity contribution in [1.82, 2.24) is 4.90 Å². The molecule has 1 N–H and O–H groups in total. The van der Waals surface area contributed by atoms with Crippen LogP contribution in [0.1, 0.15) is 46.1 Å². The van der Waals surface area contributed by atoms with E-state index in [-0.39, 0.29) is 17.4 Å². The van der Waals surface area contributed by atoms with Crippen LogP contribution < -0.4 is 0 Å². The summed E-state index contributed by atoms with van der Waals surface area (Å²) in [5, 5.41) is 9.40. The Morgan fingerprint density at radius 2 is 1.81 bits per heavy atom. The molecular weight excluding hydrogens is 262 g/mol. The molecule has 0 bridgehead atoms. The molecule has 1 aromatic rings. The van der Waals surface area contributed by atoms with Crippen LogP contribution >= 0.6 is 0 Å². The highest BCUT2D eigenvalue weighted by molar-refractivity contribution is 5.68. The Morgan fingerprint density at radius 1 is 1.24 bits per heavy atom. The standard InChI is InChI=1S/C18H27NO2/c1-14(2)18(19-11-8-12-19,15-9-6-5-7-10-15)17(3,4)13-16(20)21/h5-7,9-10,14H,8,11-13H2,1-4H3,(H,20,21). The summed E-state index contributed by atoms with van der Waals surface area (Å²) in [5.74, 6) is -0.379. The van der Waals surface area contributed by atoms with Crippen molar-refractivity contribution in [2.75, 3.05) is 13.1 Å². The molecule has 3 heteroatoms. The number of nitrogens with zero attached hydrogens (tertiary/aromatic N) is 1. The number of carboxylic acid groups (broad SMARTS) is 1. The maximum atomic E-state index is 11.4. The monoisotopic (exact) mass is 289 g/mol. The summed E-state index contributed by atoms with van der Waals surface area (Å²) in [6.07, 6.45) is 1.38. The first-order valence-corrected chi connectivity index (χ1v) is 7.84. The molecule has 0 aliphatic carbocycles. The molecule has 1 fully saturated rings. The van der Waals surface area contributed by atoms with E-state index in [4.69, 9.17) is 0 Å². The minimum atomic E-state index is -0.721. The normalized spacial score (nSPS) is 19.1. The molecule has 0 saturated carbocycles. The smallest absolute Gasteiger partial charge is 0.303 e. The van der Waals surface area contributed by atoms with Gasteiger partial charge in [-0.05, 0) is 23.3 Å². The molecule has 0 spiro atoms. The van der Waals surface area contributed by atoms with Crippen LogP contribution in [0.25, 0.3) is 0 Å². The lowest BCUT2D eigenvalue weighted by atomic mass is 9.59. The minimum absolute atomic E-state index is 0.177. The molecule has 1 aliphatic heterocycles. The fraction of sp³-hybridized carbons (Fsp3) is 0.611. The number of hydrogen-bond donors (Lipinski definition) is 1. The summed E-state index contributed by atoms with van der Waals surface area (Å²) in [6.45, 7) is 10.7. The second-order valence-corrected chi connectivity index (χ2v) is 7.08. The number of aliphatic carboxylic acids is 1. The number of hydrogen-bond acceptors (Lipinski definition) is 2. The van der Waals surface area contributed by atoms with Crippen molar-refractivity contribution in [2.45, 2.75) is 46.1 Å². The van der Waals surface area contributed by atoms with Crippen LogP contribution in [0.3, 0.4) is 0 Å². The maximum Gasteiger partial charge on any atom is 0.303 e. The van der Waals surface area contributed by atoms with Crippen LogP contribution in [0.2, 0.25) is 0 Å². The zero-order valence-corrected chi connectivity index (χ0v) is 13.6. The van der Waals surface area contributed by atoms with Crippen molar-refractivity contribution in [3.8, 4) is 0 Å². The van der Waals surface area contributed by atoms with E-state index in [0.717, 1.165) is 13.1 Å². The van der Waals surface area contributed by atoms with Crippen LogP contribution in [0, 0.1) is 11.3 Å². The molecule has 2 rings (SSSR count). The first-order valence-electron chi connectivity index (χ1n) is 7.84. The highest BCUT2D eigenvalue weighted by Crippen LogP contribution is 2.53. The number of benzene rings is 1. The van der Waals surface area contributed by atoms with E-state index in [2.05, 4.69) is 56.9 Å². The van der Waals surface area contributed by atoms with Crippen molar-refractivity contribution in [1.29, 1.82) is 0 Å². The quantitative estimate of drug-likeness (QED) is 0.867. The van der Waals surface area contributed by atoms with E-state index >= 15 is 0 Å². The van der Waals surface area contributed by atoms with E-state index in [1.54, 1.807) is 0 Å². The Labute approximate surface area is 128 Å². The molecule has 0 aromatic heterocycles. The van der Waals surface area contributed by atoms with Crippen molar-refractivity contribution in [3.63, 3.8) is 0 Å². The fourth-order valence-corrected chi connectivity index (χ4v) is 4.36. The van der Waals surface area contributed by atoms with E-state index in [1.807, 2.05) is 6.07 Å². The van der Waals surface area contributed by atoms with Gasteiger partial charge in [-0.3, -0.25) is 9.69 Å². The van der Waals surface area contributed by atoms with Gasteiger partial charge in [0.2, 0.25) is 0 Å². The second-order valence-electron chi connectivity index (χ2n) is 7.08. The third-order valence-electron chi connectivity index (χ3n) is 5.03. The molecule has 1 heterocycles. The van der Waals surface area contributed by atoms with Gasteiger partial charge in [0, 0.05) is 13.1 Å². The van der Waals surface area contributed by atoms with Gasteiger partial charge in [0.05, 0.1) is 12.0 Å². The van der Waals surface area contributed by atoms with Crippen LogP contribution in [0.5, 0.6) is 0 Å². The Balaban J connectivity index is 2.59. The number of carboxylic acids is 1. The van der Waals surface area contributed by atoms with Crippen molar-refractivity contribution >= 4 is 5.97 Å². The number of carbonyl (C=O) groups is 1. The van der Waals surface area contributed by atoms with Gasteiger partial charge in [-0.2, -0.15) is 0 Å². The molecule has 1 aromatic carbocycles. The topological polar surface area (TPSA) is 40.5 Å². The SMILES string of the molecule is CC(C)C(c1ccccc1)(N1CCC1)C(C)(C)CC(=O)O. The largest absolute Gasteiger partial charge is 0.481 e. The van der Waals surface area contributed by atoms with E-state index in [0.29, 0.717) is 5.92 Å². The zero-order valence-electron chi connectivity index (χ0n) is 13.6. The molecule has 0 amide bonds. The van der Waals surface area contributed by atoms with Gasteiger partial charge in [-0.15, -0.1) is 0 Å². The molecular formula is C18H27NO2. The molecule has 21 heavy (non-hydrogen) atoms. The van der Waals surface area contributed by atoms with E-state index < -0.39 is 5.97 Å². The van der Waals surface area contributed by atoms with Crippen LogP contribution in [0.15, 0.2) is 30.3 Å². The average molecular weight is 289 g/mol. The Hall–Kier alpha value is -1.35. The van der Waals surface area contributed by atoms with Gasteiger partial charge in [0.25, 0.3) is 0 Å². The van der Waals surface area contributed by atoms with Gasteiger partial charge < -0.3 is 5.11 Å². The third kappa shape index (κ3) is 2.59. The third-order valence-corrected chi connectivity index (χ3v) is 5.03. The first kappa shape index (κ1) is 16.0. The average Bonchev–Trinajstić information content (AvgIpc) is 2.32. The molecule has 3 nitrogen and oxygen atoms in total. The number of rotatable bonds is 6. The fourth-order valence-electron chi connectivity index (χ4n) is 4.36. The van der Waals surface area contributed by atoms with Gasteiger partial charge >= 0.3 is 5.97 Å². The molecule has 1 unspecified atom stereocenters. The minimum Gasteiger partial charge on any atom is -0.481 e. The molecule has 1 aliphatic rings. The molecule has 1 saturated heterocycles. The zero-order chi connectivity index (χ0) is 15.7. The molecule has 0 radical (unpaired) electrons. The first-order chi connectivity index (χ1) is 9.82. The molecule has 116 valence electrons. The highest BCUT2D eigenvalue weighted by atomic mass is 16.4. The van der Waals surface area contributed by atoms with Gasteiger partial charge in [-0.25, -0.2) is 0 Å². The Bertz CT molecular complexity index is 491. The maximum absolute atomic E-state index is 11.4. The lowest BCUT2D eigenvalue weighted by molar-refractivity contribution is -0.148. The Kier molecular flexibility index (Phi) is 4.43. The van der Waals surface area contributed by atoms with Gasteiger partial charge in [0.1, 0.15) is 0 Å². The van der Waals surface area contributed by atoms with Crippen LogP contribution in [-0.4, -0.2) is 29.1 Å². The summed E-state index contributed by atoms with van der Waals surface area (Å²) < 4.78 is 0. The summed E-state index contributed by atoms with van der Waals surface area (Å²) in [7, 11) is 0.